The molecule has 246 valence electrons. The normalized spacial score (nSPS) is 14.9. The Morgan fingerprint density at radius 2 is 1.77 bits per heavy atom. The first-order chi connectivity index (χ1) is 22.5. The molecule has 2 heterocycles. The third-order valence-corrected chi connectivity index (χ3v) is 8.44. The molecule has 14 heteroatoms. The maximum atomic E-state index is 12.9. The molecule has 0 saturated carbocycles. The van der Waals surface area contributed by atoms with Crippen molar-refractivity contribution < 1.29 is 32.2 Å². The van der Waals surface area contributed by atoms with Crippen molar-refractivity contribution in [2.24, 2.45) is 4.99 Å². The summed E-state index contributed by atoms with van der Waals surface area (Å²) >= 11 is 1.22. The minimum atomic E-state index is -4.76. The van der Waals surface area contributed by atoms with E-state index in [1.807, 2.05) is 57.2 Å². The topological polar surface area (TPSA) is 111 Å². The molecule has 3 aromatic carbocycles. The number of halogens is 3. The number of amides is 3. The van der Waals surface area contributed by atoms with Crippen LogP contribution >= 0.6 is 11.8 Å². The third-order valence-electron chi connectivity index (χ3n) is 7.52. The Labute approximate surface area is 274 Å². The van der Waals surface area contributed by atoms with Crippen molar-refractivity contribution in [2.75, 3.05) is 24.3 Å². The van der Waals surface area contributed by atoms with Gasteiger partial charge in [0.05, 0.1) is 24.2 Å². The van der Waals surface area contributed by atoms with E-state index in [0.717, 1.165) is 23.1 Å². The zero-order valence-electron chi connectivity index (χ0n) is 26.1. The lowest BCUT2D eigenvalue weighted by atomic mass is 9.95. The Kier molecular flexibility index (Phi) is 10.2. The van der Waals surface area contributed by atoms with Crippen molar-refractivity contribution in [3.05, 3.63) is 84.2 Å². The Bertz CT molecular complexity index is 1760. The average molecular weight is 667 g/mol. The van der Waals surface area contributed by atoms with E-state index in [0.29, 0.717) is 34.7 Å². The van der Waals surface area contributed by atoms with Crippen molar-refractivity contribution in [1.82, 2.24) is 20.1 Å². The van der Waals surface area contributed by atoms with E-state index in [1.165, 1.54) is 51.9 Å². The van der Waals surface area contributed by atoms with Gasteiger partial charge in [0.2, 0.25) is 5.91 Å². The van der Waals surface area contributed by atoms with Crippen LogP contribution in [0, 0.1) is 0 Å². The molecule has 0 spiro atoms. The number of aliphatic imine (C=N–C) groups is 1. The molecule has 1 saturated heterocycles. The van der Waals surface area contributed by atoms with Crippen molar-refractivity contribution in [3.63, 3.8) is 0 Å². The van der Waals surface area contributed by atoms with Crippen LogP contribution in [0.15, 0.2) is 78.0 Å². The van der Waals surface area contributed by atoms with Gasteiger partial charge >= 0.3 is 12.4 Å². The second-order valence-electron chi connectivity index (χ2n) is 11.0. The maximum absolute atomic E-state index is 12.9. The molecule has 1 aliphatic rings. The van der Waals surface area contributed by atoms with E-state index in [2.05, 4.69) is 25.1 Å². The summed E-state index contributed by atoms with van der Waals surface area (Å²) in [7, 11) is 1.59. The first-order valence-electron chi connectivity index (χ1n) is 14.8. The summed E-state index contributed by atoms with van der Waals surface area (Å²) in [6.45, 7) is 6.41. The first kappa shape index (κ1) is 33.5. The molecule has 1 atom stereocenters. The SMILES string of the molecule is CCC(CNC(=O)N=C1SCC(=O)N1c1ccc(OC)cc1C(C)C)c1ccc(-c2ncn(-c3ccc(OC(F)(F)F)cc3)n2)cc1. The average Bonchev–Trinajstić information content (AvgIpc) is 3.68. The first-order valence-corrected chi connectivity index (χ1v) is 15.8. The molecule has 0 radical (unpaired) electrons. The lowest BCUT2D eigenvalue weighted by Crippen LogP contribution is -2.33. The Balaban J connectivity index is 1.23. The fourth-order valence-corrected chi connectivity index (χ4v) is 5.93. The number of methoxy groups -OCH3 is 1. The summed E-state index contributed by atoms with van der Waals surface area (Å²) in [4.78, 5) is 35.9. The predicted molar refractivity (Wildman–Crippen MR) is 174 cm³/mol. The van der Waals surface area contributed by atoms with E-state index < -0.39 is 12.4 Å². The molecular formula is C33H33F3N6O4S. The maximum Gasteiger partial charge on any atom is 0.573 e. The van der Waals surface area contributed by atoms with E-state index in [-0.39, 0.29) is 29.2 Å². The molecule has 47 heavy (non-hydrogen) atoms. The third kappa shape index (κ3) is 8.12. The summed E-state index contributed by atoms with van der Waals surface area (Å²) in [6, 6.07) is 17.9. The Morgan fingerprint density at radius 1 is 1.06 bits per heavy atom. The number of aromatic nitrogens is 3. The summed E-state index contributed by atoms with van der Waals surface area (Å²) < 4.78 is 48.1. The van der Waals surface area contributed by atoms with Gasteiger partial charge in [-0.15, -0.1) is 18.3 Å². The Hall–Kier alpha value is -4.85. The fourth-order valence-electron chi connectivity index (χ4n) is 5.07. The minimum absolute atomic E-state index is 0.000698. The van der Waals surface area contributed by atoms with Crippen LogP contribution in [0.1, 0.15) is 50.2 Å². The highest BCUT2D eigenvalue weighted by molar-refractivity contribution is 8.15. The molecule has 1 aliphatic heterocycles. The number of ether oxygens (including phenoxy) is 2. The molecule has 10 nitrogen and oxygen atoms in total. The molecule has 1 fully saturated rings. The second kappa shape index (κ2) is 14.3. The number of nitrogens with one attached hydrogen (secondary N) is 1. The van der Waals surface area contributed by atoms with Crippen molar-refractivity contribution in [3.8, 4) is 28.6 Å². The van der Waals surface area contributed by atoms with Gasteiger partial charge in [0.15, 0.2) is 11.0 Å². The van der Waals surface area contributed by atoms with Crippen LogP contribution in [0.2, 0.25) is 0 Å². The van der Waals surface area contributed by atoms with Crippen LogP contribution in [0.5, 0.6) is 11.5 Å². The lowest BCUT2D eigenvalue weighted by molar-refractivity contribution is -0.274. The number of nitrogens with zero attached hydrogens (tertiary/aromatic N) is 5. The lowest BCUT2D eigenvalue weighted by Gasteiger charge is -2.22. The molecule has 1 N–H and O–H groups in total. The summed E-state index contributed by atoms with van der Waals surface area (Å²) in [5, 5.41) is 7.67. The number of carbonyl (C=O) groups excluding carboxylic acids is 2. The largest absolute Gasteiger partial charge is 0.573 e. The number of alkyl halides is 3. The number of urea groups is 1. The van der Waals surface area contributed by atoms with Gasteiger partial charge < -0.3 is 14.8 Å². The molecule has 5 rings (SSSR count). The minimum Gasteiger partial charge on any atom is -0.497 e. The van der Waals surface area contributed by atoms with E-state index in [9.17, 15) is 22.8 Å². The molecular weight excluding hydrogens is 633 g/mol. The molecule has 0 bridgehead atoms. The smallest absolute Gasteiger partial charge is 0.497 e. The van der Waals surface area contributed by atoms with Crippen molar-refractivity contribution in [1.29, 1.82) is 0 Å². The number of hydrogen-bond donors (Lipinski definition) is 1. The van der Waals surface area contributed by atoms with Crippen LogP contribution < -0.4 is 19.7 Å². The van der Waals surface area contributed by atoms with Crippen LogP contribution in [0.4, 0.5) is 23.7 Å². The molecule has 0 aliphatic carbocycles. The standard InChI is InChI=1S/C33H33F3N6O4S/c1-5-21(17-37-31(44)39-32-42(29(43)18-47-32)28-15-14-26(45-4)16-27(28)20(2)3)22-6-8-23(9-7-22)30-38-19-41(40-30)24-10-12-25(13-11-24)46-33(34,35)36/h6-16,19-21H,5,17-18H2,1-4H3,(H,37,44). The van der Waals surface area contributed by atoms with Gasteiger partial charge in [0.25, 0.3) is 0 Å². The van der Waals surface area contributed by atoms with Gasteiger partial charge in [-0.2, -0.15) is 4.99 Å². The van der Waals surface area contributed by atoms with Gasteiger partial charge in [-0.3, -0.25) is 9.69 Å². The van der Waals surface area contributed by atoms with E-state index >= 15 is 0 Å². The number of thioether (sulfide) groups is 1. The zero-order chi connectivity index (χ0) is 33.7. The number of benzene rings is 3. The highest BCUT2D eigenvalue weighted by Gasteiger charge is 2.33. The summed E-state index contributed by atoms with van der Waals surface area (Å²) in [6.07, 6.45) is -2.54. The van der Waals surface area contributed by atoms with Crippen LogP contribution in [0.25, 0.3) is 17.1 Å². The van der Waals surface area contributed by atoms with Crippen LogP contribution in [0.3, 0.4) is 0 Å². The number of rotatable bonds is 10. The van der Waals surface area contributed by atoms with Gasteiger partial charge in [-0.05, 0) is 65.9 Å². The summed E-state index contributed by atoms with van der Waals surface area (Å²) in [5.41, 5.74) is 3.86. The molecule has 1 aromatic heterocycles. The van der Waals surface area contributed by atoms with Crippen LogP contribution in [-0.4, -0.2) is 57.6 Å². The predicted octanol–water partition coefficient (Wildman–Crippen LogP) is 7.30. The fraction of sp³-hybridized carbons (Fsp3) is 0.303. The van der Waals surface area contributed by atoms with Crippen molar-refractivity contribution in [2.45, 2.75) is 45.4 Å². The number of amidine groups is 1. The highest BCUT2D eigenvalue weighted by atomic mass is 32.2. The summed E-state index contributed by atoms with van der Waals surface area (Å²) in [5.74, 6) is 0.955. The highest BCUT2D eigenvalue weighted by Crippen LogP contribution is 2.36. The van der Waals surface area contributed by atoms with Gasteiger partial charge in [-0.1, -0.05) is 56.8 Å². The number of anilines is 1. The molecule has 1 unspecified atom stereocenters. The Morgan fingerprint density at radius 3 is 2.40 bits per heavy atom. The number of carbonyl (C=O) groups is 2. The van der Waals surface area contributed by atoms with E-state index in [1.54, 1.807) is 13.2 Å². The van der Waals surface area contributed by atoms with Gasteiger partial charge in [0.1, 0.15) is 17.8 Å². The quantitative estimate of drug-likeness (QED) is 0.189. The van der Waals surface area contributed by atoms with E-state index in [4.69, 9.17) is 4.74 Å². The molecule has 4 aromatic rings. The molecule has 3 amide bonds. The monoisotopic (exact) mass is 666 g/mol. The van der Waals surface area contributed by atoms with Crippen molar-refractivity contribution >= 4 is 34.6 Å². The number of hydrogen-bond acceptors (Lipinski definition) is 7. The van der Waals surface area contributed by atoms with Gasteiger partial charge in [-0.25, -0.2) is 14.5 Å². The second-order valence-corrected chi connectivity index (χ2v) is 11.9. The zero-order valence-corrected chi connectivity index (χ0v) is 26.9. The van der Waals surface area contributed by atoms with Crippen LogP contribution in [-0.2, 0) is 4.79 Å². The van der Waals surface area contributed by atoms with Gasteiger partial charge in [0, 0.05) is 18.0 Å².